The second kappa shape index (κ2) is 5.15. The van der Waals surface area contributed by atoms with Crippen molar-refractivity contribution in [2.75, 3.05) is 0 Å². The van der Waals surface area contributed by atoms with Gasteiger partial charge in [0.25, 0.3) is 0 Å². The van der Waals surface area contributed by atoms with Gasteiger partial charge in [0.15, 0.2) is 0 Å². The van der Waals surface area contributed by atoms with Crippen molar-refractivity contribution in [2.45, 2.75) is 39.3 Å². The van der Waals surface area contributed by atoms with E-state index in [-0.39, 0.29) is 6.03 Å². The van der Waals surface area contributed by atoms with Crippen molar-refractivity contribution < 1.29 is 4.79 Å². The number of amides is 2. The standard InChI is InChI=1S/C15H20N4O/c1-3-10-7-12(10)18-15(20)16-8-13-17-11-6-4-5-9(2)14(11)19-13/h4-6,10,12H,3,7-8H2,1-2H3,(H,17,19)(H2,16,18,20)/t10-,12-/m1/s1. The minimum Gasteiger partial charge on any atom is -0.340 e. The summed E-state index contributed by atoms with van der Waals surface area (Å²) in [5.41, 5.74) is 3.12. The Bertz CT molecular complexity index is 634. The lowest BCUT2D eigenvalue weighted by Gasteiger charge is -2.05. The molecule has 1 aliphatic carbocycles. The molecule has 5 heteroatoms. The van der Waals surface area contributed by atoms with Crippen molar-refractivity contribution in [3.63, 3.8) is 0 Å². The quantitative estimate of drug-likeness (QED) is 0.800. The summed E-state index contributed by atoms with van der Waals surface area (Å²) in [6.07, 6.45) is 2.24. The van der Waals surface area contributed by atoms with Gasteiger partial charge in [0, 0.05) is 6.04 Å². The van der Waals surface area contributed by atoms with Crippen molar-refractivity contribution in [3.05, 3.63) is 29.6 Å². The molecule has 0 unspecified atom stereocenters. The van der Waals surface area contributed by atoms with Gasteiger partial charge < -0.3 is 15.6 Å². The number of carbonyl (C=O) groups excluding carboxylic acids is 1. The van der Waals surface area contributed by atoms with Crippen LogP contribution < -0.4 is 10.6 Å². The zero-order valence-electron chi connectivity index (χ0n) is 11.9. The molecule has 2 aromatic rings. The van der Waals surface area contributed by atoms with Crippen LogP contribution in [0.15, 0.2) is 18.2 Å². The molecule has 0 saturated heterocycles. The van der Waals surface area contributed by atoms with Gasteiger partial charge >= 0.3 is 6.03 Å². The maximum atomic E-state index is 11.7. The van der Waals surface area contributed by atoms with E-state index in [4.69, 9.17) is 0 Å². The highest BCUT2D eigenvalue weighted by molar-refractivity contribution is 5.79. The predicted molar refractivity (Wildman–Crippen MR) is 78.4 cm³/mol. The Balaban J connectivity index is 1.57. The minimum absolute atomic E-state index is 0.108. The van der Waals surface area contributed by atoms with Gasteiger partial charge in [-0.05, 0) is 30.9 Å². The van der Waals surface area contributed by atoms with Crippen molar-refractivity contribution in [2.24, 2.45) is 5.92 Å². The van der Waals surface area contributed by atoms with Gasteiger partial charge in [0.1, 0.15) is 5.82 Å². The van der Waals surface area contributed by atoms with Gasteiger partial charge in [-0.3, -0.25) is 0 Å². The van der Waals surface area contributed by atoms with Gasteiger partial charge in [-0.2, -0.15) is 0 Å². The largest absolute Gasteiger partial charge is 0.340 e. The summed E-state index contributed by atoms with van der Waals surface area (Å²) in [6, 6.07) is 6.28. The highest BCUT2D eigenvalue weighted by atomic mass is 16.2. The second-order valence-corrected chi connectivity index (χ2v) is 5.49. The molecule has 3 N–H and O–H groups in total. The number of aromatic nitrogens is 2. The molecule has 1 aliphatic rings. The van der Waals surface area contributed by atoms with Gasteiger partial charge in [0.2, 0.25) is 0 Å². The molecule has 2 atom stereocenters. The molecule has 1 aromatic carbocycles. The maximum Gasteiger partial charge on any atom is 0.315 e. The van der Waals surface area contributed by atoms with Crippen molar-refractivity contribution in [3.8, 4) is 0 Å². The molecule has 3 rings (SSSR count). The SMILES string of the molecule is CC[C@@H]1C[C@H]1NC(=O)NCc1nc2c(C)cccc2[nH]1. The lowest BCUT2D eigenvalue weighted by molar-refractivity contribution is 0.239. The van der Waals surface area contributed by atoms with Crippen molar-refractivity contribution in [1.29, 1.82) is 0 Å². The van der Waals surface area contributed by atoms with E-state index in [1.807, 2.05) is 25.1 Å². The Labute approximate surface area is 118 Å². The molecule has 0 radical (unpaired) electrons. The first-order valence-corrected chi connectivity index (χ1v) is 7.16. The number of benzene rings is 1. The first-order chi connectivity index (χ1) is 9.67. The lowest BCUT2D eigenvalue weighted by Crippen LogP contribution is -2.37. The van der Waals surface area contributed by atoms with Gasteiger partial charge in [-0.25, -0.2) is 9.78 Å². The number of urea groups is 1. The average Bonchev–Trinajstić information content (AvgIpc) is 3.03. The lowest BCUT2D eigenvalue weighted by atomic mass is 10.2. The first-order valence-electron chi connectivity index (χ1n) is 7.16. The average molecular weight is 272 g/mol. The van der Waals surface area contributed by atoms with E-state index in [2.05, 4.69) is 27.5 Å². The number of hydrogen-bond donors (Lipinski definition) is 3. The summed E-state index contributed by atoms with van der Waals surface area (Å²) in [5, 5.41) is 5.83. The van der Waals surface area contributed by atoms with Crippen molar-refractivity contribution in [1.82, 2.24) is 20.6 Å². The zero-order valence-corrected chi connectivity index (χ0v) is 11.9. The van der Waals surface area contributed by atoms with Crippen LogP contribution in [0.5, 0.6) is 0 Å². The Morgan fingerprint density at radius 3 is 3.05 bits per heavy atom. The second-order valence-electron chi connectivity index (χ2n) is 5.49. The topological polar surface area (TPSA) is 69.8 Å². The van der Waals surface area contributed by atoms with Crippen LogP contribution in [-0.4, -0.2) is 22.0 Å². The molecule has 106 valence electrons. The fourth-order valence-corrected chi connectivity index (χ4v) is 2.57. The summed E-state index contributed by atoms with van der Waals surface area (Å²) in [6.45, 7) is 4.61. The van der Waals surface area contributed by atoms with Gasteiger partial charge in [-0.15, -0.1) is 0 Å². The maximum absolute atomic E-state index is 11.7. The molecule has 5 nitrogen and oxygen atoms in total. The number of rotatable bonds is 4. The van der Waals surface area contributed by atoms with Gasteiger partial charge in [0.05, 0.1) is 17.6 Å². The van der Waals surface area contributed by atoms with E-state index in [9.17, 15) is 4.79 Å². The fourth-order valence-electron chi connectivity index (χ4n) is 2.57. The van der Waals surface area contributed by atoms with Crippen LogP contribution in [0.3, 0.4) is 0 Å². The van der Waals surface area contributed by atoms with Crippen LogP contribution in [0.2, 0.25) is 0 Å². The van der Waals surface area contributed by atoms with E-state index in [1.165, 1.54) is 0 Å². The molecule has 1 fully saturated rings. The Hall–Kier alpha value is -2.04. The number of para-hydroxylation sites is 1. The number of nitrogens with zero attached hydrogens (tertiary/aromatic N) is 1. The number of imidazole rings is 1. The minimum atomic E-state index is -0.108. The van der Waals surface area contributed by atoms with Crippen LogP contribution in [0, 0.1) is 12.8 Å². The molecule has 0 aliphatic heterocycles. The molecule has 1 heterocycles. The predicted octanol–water partition coefficient (Wildman–Crippen LogP) is 2.47. The number of H-pyrrole nitrogens is 1. The molecular formula is C15H20N4O. The number of aromatic amines is 1. The monoisotopic (exact) mass is 272 g/mol. The Morgan fingerprint density at radius 2 is 2.35 bits per heavy atom. The molecule has 1 aromatic heterocycles. The van der Waals surface area contributed by atoms with Crippen LogP contribution in [-0.2, 0) is 6.54 Å². The smallest absolute Gasteiger partial charge is 0.315 e. The van der Waals surface area contributed by atoms with Gasteiger partial charge in [-0.1, -0.05) is 25.5 Å². The normalized spacial score (nSPS) is 20.9. The van der Waals surface area contributed by atoms with Crippen LogP contribution >= 0.6 is 0 Å². The third-order valence-corrected chi connectivity index (χ3v) is 3.94. The zero-order chi connectivity index (χ0) is 14.1. The third kappa shape index (κ3) is 2.61. The van der Waals surface area contributed by atoms with E-state index in [0.29, 0.717) is 18.5 Å². The first kappa shape index (κ1) is 13.0. The number of hydrogen-bond acceptors (Lipinski definition) is 2. The molecular weight excluding hydrogens is 252 g/mol. The summed E-state index contributed by atoms with van der Waals surface area (Å²) >= 11 is 0. The number of carbonyl (C=O) groups is 1. The summed E-state index contributed by atoms with van der Waals surface area (Å²) in [5.74, 6) is 1.45. The third-order valence-electron chi connectivity index (χ3n) is 3.94. The van der Waals surface area contributed by atoms with Crippen molar-refractivity contribution >= 4 is 17.1 Å². The van der Waals surface area contributed by atoms with E-state index in [1.54, 1.807) is 0 Å². The fraction of sp³-hybridized carbons (Fsp3) is 0.467. The highest BCUT2D eigenvalue weighted by Crippen LogP contribution is 2.32. The highest BCUT2D eigenvalue weighted by Gasteiger charge is 2.36. The summed E-state index contributed by atoms with van der Waals surface area (Å²) in [7, 11) is 0. The van der Waals surface area contributed by atoms with E-state index >= 15 is 0 Å². The Kier molecular flexibility index (Phi) is 3.34. The molecule has 0 bridgehead atoms. The number of fused-ring (bicyclic) bond motifs is 1. The van der Waals surface area contributed by atoms with Crippen LogP contribution in [0.4, 0.5) is 4.79 Å². The summed E-state index contributed by atoms with van der Waals surface area (Å²) < 4.78 is 0. The van der Waals surface area contributed by atoms with E-state index in [0.717, 1.165) is 35.3 Å². The Morgan fingerprint density at radius 1 is 1.50 bits per heavy atom. The molecule has 2 amide bonds. The van der Waals surface area contributed by atoms with Crippen LogP contribution in [0.25, 0.3) is 11.0 Å². The van der Waals surface area contributed by atoms with E-state index < -0.39 is 0 Å². The molecule has 0 spiro atoms. The number of nitrogens with one attached hydrogen (secondary N) is 3. The number of aryl methyl sites for hydroxylation is 1. The summed E-state index contributed by atoms with van der Waals surface area (Å²) in [4.78, 5) is 19.5. The molecule has 20 heavy (non-hydrogen) atoms. The van der Waals surface area contributed by atoms with Crippen LogP contribution in [0.1, 0.15) is 31.2 Å². The molecule has 1 saturated carbocycles.